The number of halogens is 1. The predicted octanol–water partition coefficient (Wildman–Crippen LogP) is 2.03. The molecular weight excluding hydrogens is 362 g/mol. The third-order valence-electron chi connectivity index (χ3n) is 5.56. The van der Waals surface area contributed by atoms with Crippen LogP contribution in [0.4, 0.5) is 0 Å². The van der Waals surface area contributed by atoms with E-state index in [4.69, 9.17) is 5.73 Å². The second kappa shape index (κ2) is 10.1. The monoisotopic (exact) mass is 395 g/mol. The summed E-state index contributed by atoms with van der Waals surface area (Å²) >= 11 is 0. The fourth-order valence-corrected chi connectivity index (χ4v) is 5.58. The highest BCUT2D eigenvalue weighted by Crippen LogP contribution is 2.38. The Kier molecular flexibility index (Phi) is 9.15. The Morgan fingerprint density at radius 3 is 2.32 bits per heavy atom. The van der Waals surface area contributed by atoms with E-state index in [1.165, 1.54) is 6.42 Å². The topological polar surface area (TPSA) is 92.5 Å². The van der Waals surface area contributed by atoms with Crippen LogP contribution in [-0.4, -0.2) is 50.1 Å². The van der Waals surface area contributed by atoms with Crippen LogP contribution in [0.1, 0.15) is 64.7 Å². The smallest absolute Gasteiger partial charge is 0.220 e. The highest BCUT2D eigenvalue weighted by molar-refractivity contribution is 7.89. The van der Waals surface area contributed by atoms with Crippen molar-refractivity contribution in [3.8, 4) is 0 Å². The van der Waals surface area contributed by atoms with Crippen LogP contribution in [0, 0.1) is 5.41 Å². The normalized spacial score (nSPS) is 22.2. The molecule has 8 heteroatoms. The number of hydrogen-bond donors (Lipinski definition) is 2. The molecule has 0 aromatic rings. The Morgan fingerprint density at radius 1 is 1.20 bits per heavy atom. The van der Waals surface area contributed by atoms with Crippen LogP contribution in [0.2, 0.25) is 0 Å². The standard InChI is InChI=1S/C17H33N3O3S.ClH/c1-2-12-24(22,23)20-10-6-15(7-11-20)19-16(21)13-17(14-18)8-4-3-5-9-17;/h15H,2-14,18H2,1H3,(H,19,21);1H. The molecule has 25 heavy (non-hydrogen) atoms. The molecule has 1 aliphatic carbocycles. The summed E-state index contributed by atoms with van der Waals surface area (Å²) in [5.74, 6) is 0.292. The van der Waals surface area contributed by atoms with Crippen molar-refractivity contribution in [1.29, 1.82) is 0 Å². The minimum absolute atomic E-state index is 0. The van der Waals surface area contributed by atoms with Gasteiger partial charge in [0.25, 0.3) is 0 Å². The molecule has 2 fully saturated rings. The second-order valence-corrected chi connectivity index (χ2v) is 9.59. The molecule has 0 bridgehead atoms. The van der Waals surface area contributed by atoms with Crippen molar-refractivity contribution < 1.29 is 13.2 Å². The molecule has 1 heterocycles. The van der Waals surface area contributed by atoms with Gasteiger partial charge >= 0.3 is 0 Å². The Bertz CT molecular complexity index is 513. The molecule has 1 amide bonds. The first kappa shape index (κ1) is 22.7. The number of sulfonamides is 1. The van der Waals surface area contributed by atoms with Gasteiger partial charge in [-0.2, -0.15) is 0 Å². The molecule has 2 aliphatic rings. The number of nitrogens with two attached hydrogens (primary N) is 1. The van der Waals surface area contributed by atoms with E-state index in [2.05, 4.69) is 5.32 Å². The Hall–Kier alpha value is -0.370. The summed E-state index contributed by atoms with van der Waals surface area (Å²) in [7, 11) is -3.12. The molecule has 3 N–H and O–H groups in total. The minimum atomic E-state index is -3.12. The zero-order valence-corrected chi connectivity index (χ0v) is 17.0. The second-order valence-electron chi connectivity index (χ2n) is 7.50. The fraction of sp³-hybridized carbons (Fsp3) is 0.941. The van der Waals surface area contributed by atoms with Crippen LogP contribution < -0.4 is 11.1 Å². The van der Waals surface area contributed by atoms with Crippen molar-refractivity contribution in [1.82, 2.24) is 9.62 Å². The molecule has 0 aromatic heterocycles. The number of piperidine rings is 1. The average Bonchev–Trinajstić information content (AvgIpc) is 2.56. The molecule has 0 spiro atoms. The molecule has 0 atom stereocenters. The molecule has 0 radical (unpaired) electrons. The lowest BCUT2D eigenvalue weighted by molar-refractivity contribution is -0.124. The Morgan fingerprint density at radius 2 is 1.80 bits per heavy atom. The summed E-state index contributed by atoms with van der Waals surface area (Å²) in [6.07, 6.45) is 8.21. The number of carbonyl (C=O) groups excluding carboxylic acids is 1. The average molecular weight is 396 g/mol. The van der Waals surface area contributed by atoms with Crippen LogP contribution in [-0.2, 0) is 14.8 Å². The molecule has 2 rings (SSSR count). The van der Waals surface area contributed by atoms with E-state index in [9.17, 15) is 13.2 Å². The molecule has 0 unspecified atom stereocenters. The molecule has 1 saturated heterocycles. The van der Waals surface area contributed by atoms with Gasteiger partial charge in [-0.15, -0.1) is 12.4 Å². The molecular formula is C17H34ClN3O3S. The largest absolute Gasteiger partial charge is 0.353 e. The number of hydrogen-bond acceptors (Lipinski definition) is 4. The van der Waals surface area contributed by atoms with Crippen molar-refractivity contribution in [3.63, 3.8) is 0 Å². The van der Waals surface area contributed by atoms with E-state index in [0.717, 1.165) is 25.7 Å². The van der Waals surface area contributed by atoms with E-state index in [1.54, 1.807) is 4.31 Å². The van der Waals surface area contributed by atoms with E-state index in [-0.39, 0.29) is 35.5 Å². The quantitative estimate of drug-likeness (QED) is 0.689. The zero-order valence-electron chi connectivity index (χ0n) is 15.3. The lowest BCUT2D eigenvalue weighted by atomic mass is 9.71. The molecule has 1 saturated carbocycles. The van der Waals surface area contributed by atoms with Gasteiger partial charge in [-0.25, -0.2) is 12.7 Å². The number of carbonyl (C=O) groups is 1. The van der Waals surface area contributed by atoms with Gasteiger partial charge < -0.3 is 11.1 Å². The highest BCUT2D eigenvalue weighted by atomic mass is 35.5. The number of nitrogens with zero attached hydrogens (tertiary/aromatic N) is 1. The van der Waals surface area contributed by atoms with Crippen LogP contribution in [0.3, 0.4) is 0 Å². The molecule has 1 aliphatic heterocycles. The molecule has 0 aromatic carbocycles. The molecule has 6 nitrogen and oxygen atoms in total. The van der Waals surface area contributed by atoms with Gasteiger partial charge in [-0.1, -0.05) is 26.2 Å². The van der Waals surface area contributed by atoms with Crippen molar-refractivity contribution in [2.45, 2.75) is 70.8 Å². The summed E-state index contributed by atoms with van der Waals surface area (Å²) in [6.45, 7) is 3.47. The van der Waals surface area contributed by atoms with E-state index >= 15 is 0 Å². The Balaban J connectivity index is 0.00000312. The first-order chi connectivity index (χ1) is 11.4. The highest BCUT2D eigenvalue weighted by Gasteiger charge is 2.34. The van der Waals surface area contributed by atoms with Gasteiger partial charge in [0.05, 0.1) is 5.75 Å². The summed E-state index contributed by atoms with van der Waals surface area (Å²) in [4.78, 5) is 12.4. The maximum absolute atomic E-state index is 12.4. The van der Waals surface area contributed by atoms with Gasteiger partial charge in [-0.3, -0.25) is 4.79 Å². The van der Waals surface area contributed by atoms with Gasteiger partial charge in [-0.05, 0) is 44.1 Å². The summed E-state index contributed by atoms with van der Waals surface area (Å²) in [5, 5.41) is 3.11. The van der Waals surface area contributed by atoms with Crippen LogP contribution >= 0.6 is 12.4 Å². The minimum Gasteiger partial charge on any atom is -0.353 e. The third-order valence-corrected chi connectivity index (χ3v) is 7.63. The Labute approximate surface area is 158 Å². The number of nitrogens with one attached hydrogen (secondary N) is 1. The van der Waals surface area contributed by atoms with E-state index in [1.807, 2.05) is 6.92 Å². The third kappa shape index (κ3) is 6.38. The first-order valence-corrected chi connectivity index (χ1v) is 11.0. The number of rotatable bonds is 7. The predicted molar refractivity (Wildman–Crippen MR) is 103 cm³/mol. The van der Waals surface area contributed by atoms with Crippen molar-refractivity contribution in [3.05, 3.63) is 0 Å². The van der Waals surface area contributed by atoms with Crippen LogP contribution in [0.15, 0.2) is 0 Å². The number of amides is 1. The maximum atomic E-state index is 12.4. The lowest BCUT2D eigenvalue weighted by Gasteiger charge is -2.37. The van der Waals surface area contributed by atoms with Gasteiger partial charge in [0, 0.05) is 25.6 Å². The van der Waals surface area contributed by atoms with Crippen molar-refractivity contribution in [2.24, 2.45) is 11.1 Å². The first-order valence-electron chi connectivity index (χ1n) is 9.38. The fourth-order valence-electron chi connectivity index (χ4n) is 4.04. The maximum Gasteiger partial charge on any atom is 0.220 e. The summed E-state index contributed by atoms with van der Waals surface area (Å²) < 4.78 is 25.7. The van der Waals surface area contributed by atoms with E-state index in [0.29, 0.717) is 45.3 Å². The SMILES string of the molecule is CCCS(=O)(=O)N1CCC(NC(=O)CC2(CN)CCCCC2)CC1.Cl. The summed E-state index contributed by atoms with van der Waals surface area (Å²) in [6, 6.07) is 0.0870. The van der Waals surface area contributed by atoms with Crippen LogP contribution in [0.5, 0.6) is 0 Å². The summed E-state index contributed by atoms with van der Waals surface area (Å²) in [5.41, 5.74) is 5.94. The van der Waals surface area contributed by atoms with E-state index < -0.39 is 10.0 Å². The lowest BCUT2D eigenvalue weighted by Crippen LogP contribution is -2.48. The zero-order chi connectivity index (χ0) is 17.6. The molecule has 148 valence electrons. The van der Waals surface area contributed by atoms with Crippen molar-refractivity contribution in [2.75, 3.05) is 25.4 Å². The van der Waals surface area contributed by atoms with Crippen LogP contribution in [0.25, 0.3) is 0 Å². The van der Waals surface area contributed by atoms with Gasteiger partial charge in [0.1, 0.15) is 0 Å². The van der Waals surface area contributed by atoms with Gasteiger partial charge in [0.15, 0.2) is 0 Å². The van der Waals surface area contributed by atoms with Crippen molar-refractivity contribution >= 4 is 28.3 Å². The van der Waals surface area contributed by atoms with Gasteiger partial charge in [0.2, 0.25) is 15.9 Å².